The molecule has 1 unspecified atom stereocenters. The van der Waals surface area contributed by atoms with Crippen LogP contribution in [0.2, 0.25) is 0 Å². The molecule has 1 fully saturated rings. The Morgan fingerprint density at radius 2 is 2.30 bits per heavy atom. The molecule has 6 nitrogen and oxygen atoms in total. The lowest BCUT2D eigenvalue weighted by molar-refractivity contribution is -0.384. The van der Waals surface area contributed by atoms with Crippen molar-refractivity contribution in [2.75, 3.05) is 29.1 Å². The van der Waals surface area contributed by atoms with E-state index in [9.17, 15) is 14.9 Å². The van der Waals surface area contributed by atoms with Crippen molar-refractivity contribution in [3.8, 4) is 0 Å². The Kier molecular flexibility index (Phi) is 5.13. The molecule has 108 valence electrons. The number of nitrogens with zero attached hydrogens (tertiary/aromatic N) is 1. The second-order valence-electron chi connectivity index (χ2n) is 4.30. The van der Waals surface area contributed by atoms with Gasteiger partial charge in [-0.15, -0.1) is 0 Å². The van der Waals surface area contributed by atoms with E-state index >= 15 is 0 Å². The van der Waals surface area contributed by atoms with Crippen LogP contribution >= 0.6 is 23.5 Å². The van der Waals surface area contributed by atoms with Gasteiger partial charge in [0.2, 0.25) is 5.91 Å². The number of nitrogens with two attached hydrogens (primary N) is 1. The quantitative estimate of drug-likeness (QED) is 0.637. The number of anilines is 1. The van der Waals surface area contributed by atoms with E-state index < -0.39 is 10.8 Å². The molecule has 1 aliphatic heterocycles. The monoisotopic (exact) mass is 313 g/mol. The zero-order chi connectivity index (χ0) is 14.5. The zero-order valence-electron chi connectivity index (χ0n) is 10.7. The molecule has 8 heteroatoms. The van der Waals surface area contributed by atoms with Crippen molar-refractivity contribution in [1.29, 1.82) is 0 Å². The molecule has 1 atom stereocenters. The Hall–Kier alpha value is -1.41. The maximum atomic E-state index is 11.2. The van der Waals surface area contributed by atoms with Crippen molar-refractivity contribution in [1.82, 2.24) is 0 Å². The van der Waals surface area contributed by atoms with E-state index in [-0.39, 0.29) is 11.3 Å². The minimum absolute atomic E-state index is 0.0385. The molecule has 0 aromatic heterocycles. The van der Waals surface area contributed by atoms with Gasteiger partial charge in [0.25, 0.3) is 5.69 Å². The summed E-state index contributed by atoms with van der Waals surface area (Å²) in [4.78, 5) is 21.7. The summed E-state index contributed by atoms with van der Waals surface area (Å²) in [6, 6.07) is 4.13. The van der Waals surface area contributed by atoms with Crippen LogP contribution in [-0.2, 0) is 0 Å². The van der Waals surface area contributed by atoms with Gasteiger partial charge in [0.15, 0.2) is 0 Å². The van der Waals surface area contributed by atoms with Gasteiger partial charge in [-0.3, -0.25) is 14.9 Å². The number of amides is 1. The molecule has 1 aromatic rings. The summed E-state index contributed by atoms with van der Waals surface area (Å²) in [5.41, 5.74) is 5.78. The molecule has 0 radical (unpaired) electrons. The molecule has 1 aromatic carbocycles. The summed E-state index contributed by atoms with van der Waals surface area (Å²) >= 11 is 3.75. The molecular weight excluding hydrogens is 298 g/mol. The van der Waals surface area contributed by atoms with Crippen LogP contribution in [-0.4, -0.2) is 39.9 Å². The van der Waals surface area contributed by atoms with E-state index in [1.807, 2.05) is 23.5 Å². The SMILES string of the molecule is NC(=O)c1ccc([N+](=O)[O-])c(NCC2CSCCS2)c1. The number of benzene rings is 1. The number of nitrogens with one attached hydrogen (secondary N) is 1. The minimum Gasteiger partial charge on any atom is -0.378 e. The number of carbonyl (C=O) groups excluding carboxylic acids is 1. The smallest absolute Gasteiger partial charge is 0.292 e. The highest BCUT2D eigenvalue weighted by Gasteiger charge is 2.19. The van der Waals surface area contributed by atoms with Crippen LogP contribution in [0.4, 0.5) is 11.4 Å². The van der Waals surface area contributed by atoms with Crippen LogP contribution in [0, 0.1) is 10.1 Å². The number of primary amides is 1. The first-order chi connectivity index (χ1) is 9.58. The van der Waals surface area contributed by atoms with Crippen LogP contribution in [0.1, 0.15) is 10.4 Å². The highest BCUT2D eigenvalue weighted by atomic mass is 32.2. The van der Waals surface area contributed by atoms with Crippen LogP contribution < -0.4 is 11.1 Å². The molecular formula is C12H15N3O3S2. The molecule has 1 amide bonds. The van der Waals surface area contributed by atoms with E-state index in [1.165, 1.54) is 18.2 Å². The first kappa shape index (κ1) is 15.0. The minimum atomic E-state index is -0.592. The van der Waals surface area contributed by atoms with Gasteiger partial charge in [-0.25, -0.2) is 0 Å². The second-order valence-corrected chi connectivity index (χ2v) is 6.86. The van der Waals surface area contributed by atoms with E-state index in [1.54, 1.807) is 0 Å². The summed E-state index contributed by atoms with van der Waals surface area (Å²) in [7, 11) is 0. The number of hydrogen-bond donors (Lipinski definition) is 2. The molecule has 1 heterocycles. The standard InChI is InChI=1S/C12H15N3O3S2/c13-12(16)8-1-2-11(15(17)18)10(5-8)14-6-9-7-19-3-4-20-9/h1-2,5,9,14H,3-4,6-7H2,(H2,13,16). The predicted octanol–water partition coefficient (Wildman–Crippen LogP) is 1.95. The molecule has 1 aliphatic rings. The van der Waals surface area contributed by atoms with Crippen molar-refractivity contribution in [3.63, 3.8) is 0 Å². The Labute approximate surface area is 125 Å². The van der Waals surface area contributed by atoms with Crippen molar-refractivity contribution in [2.45, 2.75) is 5.25 Å². The fraction of sp³-hybridized carbons (Fsp3) is 0.417. The molecule has 0 saturated carbocycles. The number of thioether (sulfide) groups is 2. The largest absolute Gasteiger partial charge is 0.378 e. The fourth-order valence-electron chi connectivity index (χ4n) is 1.87. The molecule has 1 saturated heterocycles. The summed E-state index contributed by atoms with van der Waals surface area (Å²) in [6.07, 6.45) is 0. The number of carbonyl (C=O) groups is 1. The lowest BCUT2D eigenvalue weighted by Gasteiger charge is -2.21. The highest BCUT2D eigenvalue weighted by molar-refractivity contribution is 8.06. The molecule has 3 N–H and O–H groups in total. The van der Waals surface area contributed by atoms with Crippen LogP contribution in [0.15, 0.2) is 18.2 Å². The third kappa shape index (κ3) is 3.80. The predicted molar refractivity (Wildman–Crippen MR) is 83.7 cm³/mol. The first-order valence-electron chi connectivity index (χ1n) is 6.09. The van der Waals surface area contributed by atoms with Crippen LogP contribution in [0.5, 0.6) is 0 Å². The molecule has 0 spiro atoms. The average molecular weight is 313 g/mol. The molecule has 20 heavy (non-hydrogen) atoms. The van der Waals surface area contributed by atoms with Gasteiger partial charge < -0.3 is 11.1 Å². The molecule has 0 aliphatic carbocycles. The van der Waals surface area contributed by atoms with Gasteiger partial charge in [0, 0.05) is 40.7 Å². The van der Waals surface area contributed by atoms with Crippen LogP contribution in [0.3, 0.4) is 0 Å². The van der Waals surface area contributed by atoms with Crippen molar-refractivity contribution in [2.24, 2.45) is 5.73 Å². The Morgan fingerprint density at radius 3 is 2.90 bits per heavy atom. The van der Waals surface area contributed by atoms with Gasteiger partial charge in [-0.1, -0.05) is 0 Å². The van der Waals surface area contributed by atoms with Crippen molar-refractivity contribution >= 4 is 40.8 Å². The van der Waals surface area contributed by atoms with Gasteiger partial charge in [-0.05, 0) is 12.1 Å². The number of nitro groups is 1. The Bertz CT molecular complexity index is 519. The Balaban J connectivity index is 2.12. The third-order valence-corrected chi connectivity index (χ3v) is 5.73. The van der Waals surface area contributed by atoms with Crippen LogP contribution in [0.25, 0.3) is 0 Å². The molecule has 2 rings (SSSR count). The second kappa shape index (κ2) is 6.85. The third-order valence-electron chi connectivity index (χ3n) is 2.88. The number of rotatable bonds is 5. The van der Waals surface area contributed by atoms with Crippen molar-refractivity contribution < 1.29 is 9.72 Å². The summed E-state index contributed by atoms with van der Waals surface area (Å²) in [5, 5.41) is 14.5. The van der Waals surface area contributed by atoms with Crippen molar-refractivity contribution in [3.05, 3.63) is 33.9 Å². The maximum Gasteiger partial charge on any atom is 0.292 e. The number of hydrogen-bond acceptors (Lipinski definition) is 6. The average Bonchev–Trinajstić information content (AvgIpc) is 2.45. The van der Waals surface area contributed by atoms with Gasteiger partial charge in [0.05, 0.1) is 4.92 Å². The van der Waals surface area contributed by atoms with Gasteiger partial charge in [-0.2, -0.15) is 23.5 Å². The lowest BCUT2D eigenvalue weighted by atomic mass is 10.1. The topological polar surface area (TPSA) is 98.3 Å². The van der Waals surface area contributed by atoms with E-state index in [2.05, 4.69) is 5.32 Å². The van der Waals surface area contributed by atoms with E-state index in [0.29, 0.717) is 17.5 Å². The summed E-state index contributed by atoms with van der Waals surface area (Å²) in [5.74, 6) is 2.69. The summed E-state index contributed by atoms with van der Waals surface area (Å²) in [6.45, 7) is 0.640. The zero-order valence-corrected chi connectivity index (χ0v) is 12.3. The van der Waals surface area contributed by atoms with Gasteiger partial charge >= 0.3 is 0 Å². The Morgan fingerprint density at radius 1 is 1.50 bits per heavy atom. The fourth-order valence-corrected chi connectivity index (χ4v) is 4.48. The maximum absolute atomic E-state index is 11.2. The normalized spacial score (nSPS) is 18.5. The molecule has 0 bridgehead atoms. The summed E-state index contributed by atoms with van der Waals surface area (Å²) < 4.78 is 0. The highest BCUT2D eigenvalue weighted by Crippen LogP contribution is 2.28. The lowest BCUT2D eigenvalue weighted by Crippen LogP contribution is -2.23. The van der Waals surface area contributed by atoms with Gasteiger partial charge in [0.1, 0.15) is 5.69 Å². The number of nitro benzene ring substituents is 1. The first-order valence-corrected chi connectivity index (χ1v) is 8.29. The van der Waals surface area contributed by atoms with E-state index in [0.717, 1.165) is 17.3 Å². The van der Waals surface area contributed by atoms with E-state index in [4.69, 9.17) is 5.73 Å².